The van der Waals surface area contributed by atoms with Gasteiger partial charge < -0.3 is 19.7 Å². The van der Waals surface area contributed by atoms with Crippen molar-refractivity contribution in [3.05, 3.63) is 88.1 Å². The number of aromatic nitrogens is 1. The Morgan fingerprint density at radius 3 is 2.62 bits per heavy atom. The quantitative estimate of drug-likeness (QED) is 0.236. The number of nitrogens with zero attached hydrogens (tertiary/aromatic N) is 3. The average Bonchev–Trinajstić information content (AvgIpc) is 3.74. The minimum Gasteiger partial charge on any atom is -0.458 e. The number of rotatable bonds is 4. The number of aliphatic hydroxyl groups is 1. The summed E-state index contributed by atoms with van der Waals surface area (Å²) in [6.07, 6.45) is 10.4. The van der Waals surface area contributed by atoms with E-state index in [4.69, 9.17) is 4.74 Å². The van der Waals surface area contributed by atoms with Gasteiger partial charge >= 0.3 is 5.97 Å². The van der Waals surface area contributed by atoms with Gasteiger partial charge in [-0.25, -0.2) is 0 Å². The van der Waals surface area contributed by atoms with Crippen LogP contribution in [0.4, 0.5) is 5.69 Å². The Labute approximate surface area is 297 Å². The molecule has 1 saturated carbocycles. The number of para-hydroxylation sites is 1. The fourth-order valence-electron chi connectivity index (χ4n) is 13.0. The smallest absolute Gasteiger partial charge is 0.303 e. The highest BCUT2D eigenvalue weighted by atomic mass is 16.6. The molecule has 9 atom stereocenters. The maximum atomic E-state index is 12.9. The fourth-order valence-corrected chi connectivity index (χ4v) is 13.0. The van der Waals surface area contributed by atoms with Gasteiger partial charge in [0.15, 0.2) is 0 Å². The third kappa shape index (κ3) is 4.00. The number of esters is 1. The number of nitrogens with one attached hydrogen (secondary N) is 1. The van der Waals surface area contributed by atoms with Gasteiger partial charge in [-0.1, -0.05) is 68.0 Å². The number of hydrogen-bond donors (Lipinski definition) is 2. The Morgan fingerprint density at radius 1 is 1.08 bits per heavy atom. The van der Waals surface area contributed by atoms with Crippen LogP contribution in [-0.2, 0) is 26.9 Å². The predicted octanol–water partition coefficient (Wildman–Crippen LogP) is 6.75. The molecule has 3 aromatic rings. The summed E-state index contributed by atoms with van der Waals surface area (Å²) in [5.41, 5.74) is 8.51. The SMILES string of the molecule is CCC1=C[C@@H]2CN(C1)Cc1c([nH]c3ccccc13)[C@@](C)(c1ccc3c(c1C)N(C)[C@H]1[C@](C)(O)[C@H](OC(C)=O)[C@]4(CC)C=CCN5CC[C@]31[C@@H]54)C2. The molecule has 2 fully saturated rings. The minimum absolute atomic E-state index is 0.122. The van der Waals surface area contributed by atoms with Gasteiger partial charge in [-0.2, -0.15) is 0 Å². The number of H-pyrrole nitrogens is 1. The van der Waals surface area contributed by atoms with Gasteiger partial charge in [0.25, 0.3) is 0 Å². The predicted molar refractivity (Wildman–Crippen MR) is 200 cm³/mol. The maximum absolute atomic E-state index is 12.9. The molecule has 1 unspecified atom stereocenters. The number of likely N-dealkylation sites (N-methyl/N-ethyl adjacent to an activating group) is 1. The van der Waals surface area contributed by atoms with Gasteiger partial charge in [-0.15, -0.1) is 0 Å². The lowest BCUT2D eigenvalue weighted by Gasteiger charge is -2.64. The van der Waals surface area contributed by atoms with Crippen molar-refractivity contribution in [2.24, 2.45) is 11.3 Å². The Bertz CT molecular complexity index is 1980. The number of hydrogen-bond acceptors (Lipinski definition) is 6. The topological polar surface area (TPSA) is 72.0 Å². The van der Waals surface area contributed by atoms with Crippen LogP contribution in [0.2, 0.25) is 0 Å². The van der Waals surface area contributed by atoms with Crippen molar-refractivity contribution in [3.8, 4) is 0 Å². The van der Waals surface area contributed by atoms with E-state index in [1.165, 1.54) is 51.5 Å². The number of aromatic amines is 1. The molecule has 1 aromatic heterocycles. The third-order valence-electron chi connectivity index (χ3n) is 14.4. The van der Waals surface area contributed by atoms with E-state index >= 15 is 0 Å². The minimum atomic E-state index is -1.28. The van der Waals surface area contributed by atoms with E-state index in [9.17, 15) is 9.90 Å². The fraction of sp³-hybridized carbons (Fsp3) is 0.558. The summed E-state index contributed by atoms with van der Waals surface area (Å²) in [7, 11) is 2.19. The van der Waals surface area contributed by atoms with E-state index < -0.39 is 17.1 Å². The zero-order valence-corrected chi connectivity index (χ0v) is 31.0. The molecule has 7 nitrogen and oxygen atoms in total. The van der Waals surface area contributed by atoms with Crippen molar-refractivity contribution in [2.45, 2.75) is 108 Å². The molecule has 1 aliphatic carbocycles. The molecule has 5 aliphatic heterocycles. The van der Waals surface area contributed by atoms with Crippen LogP contribution in [-0.4, -0.2) is 82.9 Å². The number of carbonyl (C=O) groups excluding carboxylic acids is 1. The summed E-state index contributed by atoms with van der Waals surface area (Å²) in [6, 6.07) is 13.6. The molecule has 6 aliphatic rings. The van der Waals surface area contributed by atoms with E-state index in [2.05, 4.69) is 109 Å². The number of carbonyl (C=O) groups is 1. The van der Waals surface area contributed by atoms with E-state index in [0.717, 1.165) is 58.4 Å². The van der Waals surface area contributed by atoms with Crippen LogP contribution in [0.1, 0.15) is 88.2 Å². The molecule has 1 spiro atoms. The number of anilines is 1. The molecule has 6 heterocycles. The van der Waals surface area contributed by atoms with Crippen LogP contribution in [0.3, 0.4) is 0 Å². The molecule has 2 N–H and O–H groups in total. The molecular weight excluding hydrogens is 620 g/mol. The number of benzene rings is 2. The van der Waals surface area contributed by atoms with Crippen LogP contribution in [0.15, 0.2) is 60.2 Å². The van der Waals surface area contributed by atoms with Crippen molar-refractivity contribution in [1.29, 1.82) is 0 Å². The second kappa shape index (κ2) is 10.8. The average molecular weight is 675 g/mol. The second-order valence-corrected chi connectivity index (χ2v) is 17.1. The van der Waals surface area contributed by atoms with Crippen molar-refractivity contribution >= 4 is 22.6 Å². The highest BCUT2D eigenvalue weighted by Gasteiger charge is 2.76. The molecular formula is C43H54N4O3. The Balaban J connectivity index is 1.27. The van der Waals surface area contributed by atoms with Crippen molar-refractivity contribution in [1.82, 2.24) is 14.8 Å². The van der Waals surface area contributed by atoms with Crippen LogP contribution in [0.5, 0.6) is 0 Å². The first-order chi connectivity index (χ1) is 23.9. The second-order valence-electron chi connectivity index (χ2n) is 17.1. The molecule has 50 heavy (non-hydrogen) atoms. The van der Waals surface area contributed by atoms with Gasteiger partial charge in [0, 0.05) is 84.7 Å². The van der Waals surface area contributed by atoms with Crippen LogP contribution in [0.25, 0.3) is 10.9 Å². The molecule has 2 aromatic carbocycles. The Hall–Kier alpha value is -3.39. The lowest BCUT2D eigenvalue weighted by atomic mass is 9.48. The number of ether oxygens (including phenoxy) is 1. The summed E-state index contributed by atoms with van der Waals surface area (Å²) in [4.78, 5) is 24.4. The molecule has 2 bridgehead atoms. The highest BCUT2D eigenvalue weighted by Crippen LogP contribution is 2.68. The standard InChI is InChI=1S/C43H54N4O3/c1-8-28-21-29-22-40(5,36-31(25-46(23-28)24-29)30-13-10-11-14-34(30)44-36)32-15-16-33-35(26(32)3)45(7)37-41(6,49)39(50-27(4)48)42(9-2)17-12-19-47-20-18-43(33,37)38(42)47/h10-17,21,29,37-39,44,49H,8-9,18-20,22-25H2,1-7H3/t29-,37-,38-,39-,40+,41-,42+,43-/m0/s1. The normalized spacial score (nSPS) is 38.5. The summed E-state index contributed by atoms with van der Waals surface area (Å²) in [6.45, 7) is 17.7. The van der Waals surface area contributed by atoms with Gasteiger partial charge in [-0.3, -0.25) is 14.6 Å². The third-order valence-corrected chi connectivity index (χ3v) is 14.4. The molecule has 264 valence electrons. The van der Waals surface area contributed by atoms with Crippen molar-refractivity contribution in [2.75, 3.05) is 38.1 Å². The zero-order valence-electron chi connectivity index (χ0n) is 31.0. The highest BCUT2D eigenvalue weighted by molar-refractivity contribution is 5.86. The first-order valence-electron chi connectivity index (χ1n) is 19.1. The van der Waals surface area contributed by atoms with E-state index in [1.54, 1.807) is 5.57 Å². The van der Waals surface area contributed by atoms with Gasteiger partial charge in [0.2, 0.25) is 0 Å². The van der Waals surface area contributed by atoms with Crippen LogP contribution in [0, 0.1) is 18.3 Å². The summed E-state index contributed by atoms with van der Waals surface area (Å²) in [5, 5.41) is 14.3. The maximum Gasteiger partial charge on any atom is 0.303 e. The molecule has 7 heteroatoms. The zero-order chi connectivity index (χ0) is 35.0. The first kappa shape index (κ1) is 32.5. The van der Waals surface area contributed by atoms with Gasteiger partial charge in [0.1, 0.15) is 11.7 Å². The van der Waals surface area contributed by atoms with E-state index in [0.29, 0.717) is 5.92 Å². The monoisotopic (exact) mass is 674 g/mol. The van der Waals surface area contributed by atoms with Crippen molar-refractivity contribution in [3.63, 3.8) is 0 Å². The molecule has 9 rings (SSSR count). The van der Waals surface area contributed by atoms with Crippen molar-refractivity contribution < 1.29 is 14.6 Å². The lowest BCUT2D eigenvalue weighted by molar-refractivity contribution is -0.213. The van der Waals surface area contributed by atoms with Gasteiger partial charge in [-0.05, 0) is 87.2 Å². The summed E-state index contributed by atoms with van der Waals surface area (Å²) in [5.74, 6) is 0.131. The van der Waals surface area contributed by atoms with E-state index in [1.807, 2.05) is 6.92 Å². The Kier molecular flexibility index (Phi) is 7.03. The largest absolute Gasteiger partial charge is 0.458 e. The number of fused-ring (bicyclic) bond motifs is 6. The molecule has 0 radical (unpaired) electrons. The Morgan fingerprint density at radius 2 is 1.86 bits per heavy atom. The summed E-state index contributed by atoms with van der Waals surface area (Å²) >= 11 is 0. The van der Waals surface area contributed by atoms with Gasteiger partial charge in [0.05, 0.1) is 6.04 Å². The lowest BCUT2D eigenvalue weighted by Crippen LogP contribution is -2.78. The first-order valence-corrected chi connectivity index (χ1v) is 19.1. The molecule has 1 saturated heterocycles. The molecule has 0 amide bonds. The summed E-state index contributed by atoms with van der Waals surface area (Å²) < 4.78 is 6.25. The van der Waals surface area contributed by atoms with Crippen LogP contribution >= 0.6 is 0 Å². The van der Waals surface area contributed by atoms with E-state index in [-0.39, 0.29) is 28.9 Å². The van der Waals surface area contributed by atoms with Crippen LogP contribution < -0.4 is 4.90 Å².